The van der Waals surface area contributed by atoms with Crippen LogP contribution in [0.25, 0.3) is 10.6 Å². The number of carbonyl (C=O) groups excluding carboxylic acids is 1. The summed E-state index contributed by atoms with van der Waals surface area (Å²) in [7, 11) is 0. The molecule has 0 bridgehead atoms. The number of carbonyl (C=O) groups is 1. The van der Waals surface area contributed by atoms with E-state index in [1.807, 2.05) is 25.1 Å². The van der Waals surface area contributed by atoms with Crippen LogP contribution in [0.1, 0.15) is 16.1 Å². The Balaban J connectivity index is 1.79. The molecule has 3 rings (SSSR count). The highest BCUT2D eigenvalue weighted by Gasteiger charge is 2.14. The Hall–Kier alpha value is -3.13. The van der Waals surface area contributed by atoms with Gasteiger partial charge in [0.05, 0.1) is 21.2 Å². The fourth-order valence-electron chi connectivity index (χ4n) is 2.09. The van der Waals surface area contributed by atoms with E-state index in [2.05, 4.69) is 15.3 Å². The van der Waals surface area contributed by atoms with Crippen LogP contribution >= 0.6 is 11.3 Å². The molecular weight excluding hydrogens is 328 g/mol. The SMILES string of the molecule is Cc1nc(NC(=O)c2ccc([N+](=O)[O-])cc2)sc1-c1ccccn1. The van der Waals surface area contributed by atoms with Crippen molar-refractivity contribution in [2.45, 2.75) is 6.92 Å². The molecule has 2 heterocycles. The first kappa shape index (κ1) is 15.8. The molecule has 0 aliphatic carbocycles. The molecule has 0 aliphatic heterocycles. The van der Waals surface area contributed by atoms with Crippen LogP contribution < -0.4 is 5.32 Å². The zero-order valence-electron chi connectivity index (χ0n) is 12.6. The van der Waals surface area contributed by atoms with E-state index >= 15 is 0 Å². The molecule has 1 N–H and O–H groups in total. The molecule has 0 radical (unpaired) electrons. The van der Waals surface area contributed by atoms with Crippen LogP contribution in [0.3, 0.4) is 0 Å². The predicted molar refractivity (Wildman–Crippen MR) is 91.1 cm³/mol. The standard InChI is InChI=1S/C16H12N4O3S/c1-10-14(13-4-2-3-9-17-13)24-16(18-10)19-15(21)11-5-7-12(8-6-11)20(22)23/h2-9H,1H3,(H,18,19,21). The normalized spacial score (nSPS) is 10.4. The number of nitrogens with one attached hydrogen (secondary N) is 1. The van der Waals surface area contributed by atoms with Crippen molar-refractivity contribution in [1.29, 1.82) is 0 Å². The molecular formula is C16H12N4O3S. The summed E-state index contributed by atoms with van der Waals surface area (Å²) >= 11 is 1.33. The summed E-state index contributed by atoms with van der Waals surface area (Å²) in [5.41, 5.74) is 1.84. The summed E-state index contributed by atoms with van der Waals surface area (Å²) in [6.45, 7) is 1.85. The van der Waals surface area contributed by atoms with Gasteiger partial charge < -0.3 is 0 Å². The molecule has 0 unspecified atom stereocenters. The summed E-state index contributed by atoms with van der Waals surface area (Å²) in [4.78, 5) is 31.9. The van der Waals surface area contributed by atoms with Crippen LogP contribution in [0.5, 0.6) is 0 Å². The van der Waals surface area contributed by atoms with E-state index in [-0.39, 0.29) is 11.6 Å². The van der Waals surface area contributed by atoms with Gasteiger partial charge in [-0.05, 0) is 31.2 Å². The average molecular weight is 340 g/mol. The molecule has 0 saturated carbocycles. The lowest BCUT2D eigenvalue weighted by Crippen LogP contribution is -2.11. The summed E-state index contributed by atoms with van der Waals surface area (Å²) in [5, 5.41) is 13.8. The molecule has 0 aliphatic rings. The van der Waals surface area contributed by atoms with Gasteiger partial charge in [0.15, 0.2) is 5.13 Å². The minimum Gasteiger partial charge on any atom is -0.298 e. The Morgan fingerprint density at radius 1 is 1.21 bits per heavy atom. The molecule has 0 fully saturated rings. The predicted octanol–water partition coefficient (Wildman–Crippen LogP) is 3.67. The van der Waals surface area contributed by atoms with Gasteiger partial charge in [0.2, 0.25) is 0 Å². The minimum absolute atomic E-state index is 0.0610. The number of non-ortho nitro benzene ring substituents is 1. The maximum atomic E-state index is 12.2. The number of nitro groups is 1. The van der Waals surface area contributed by atoms with Crippen molar-refractivity contribution in [3.05, 3.63) is 70.0 Å². The van der Waals surface area contributed by atoms with Crippen LogP contribution in [-0.4, -0.2) is 20.8 Å². The number of benzene rings is 1. The number of thiazole rings is 1. The molecule has 24 heavy (non-hydrogen) atoms. The molecule has 120 valence electrons. The van der Waals surface area contributed by atoms with Gasteiger partial charge in [-0.3, -0.25) is 25.2 Å². The average Bonchev–Trinajstić information content (AvgIpc) is 2.96. The third-order valence-corrected chi connectivity index (χ3v) is 4.35. The van der Waals surface area contributed by atoms with Gasteiger partial charge in [-0.2, -0.15) is 0 Å². The van der Waals surface area contributed by atoms with Gasteiger partial charge in [0, 0.05) is 23.9 Å². The first-order valence-corrected chi connectivity index (χ1v) is 7.81. The monoisotopic (exact) mass is 340 g/mol. The van der Waals surface area contributed by atoms with Gasteiger partial charge >= 0.3 is 0 Å². The zero-order valence-corrected chi connectivity index (χ0v) is 13.4. The van der Waals surface area contributed by atoms with Crippen LogP contribution in [-0.2, 0) is 0 Å². The smallest absolute Gasteiger partial charge is 0.269 e. The Bertz CT molecular complexity index is 891. The zero-order chi connectivity index (χ0) is 17.1. The second-order valence-electron chi connectivity index (χ2n) is 4.91. The molecule has 8 heteroatoms. The summed E-state index contributed by atoms with van der Waals surface area (Å²) in [6.07, 6.45) is 1.70. The lowest BCUT2D eigenvalue weighted by atomic mass is 10.2. The third-order valence-electron chi connectivity index (χ3n) is 3.25. The summed E-state index contributed by atoms with van der Waals surface area (Å²) < 4.78 is 0. The number of aryl methyl sites for hydroxylation is 1. The number of anilines is 1. The van der Waals surface area contributed by atoms with E-state index in [1.165, 1.54) is 35.6 Å². The van der Waals surface area contributed by atoms with Gasteiger partial charge in [-0.15, -0.1) is 0 Å². The number of hydrogen-bond acceptors (Lipinski definition) is 6. The van der Waals surface area contributed by atoms with E-state index in [1.54, 1.807) is 6.20 Å². The van der Waals surface area contributed by atoms with Crippen molar-refractivity contribution < 1.29 is 9.72 Å². The fourth-order valence-corrected chi connectivity index (χ4v) is 3.03. The van der Waals surface area contributed by atoms with E-state index in [0.29, 0.717) is 10.7 Å². The van der Waals surface area contributed by atoms with Crippen LogP contribution in [0.2, 0.25) is 0 Å². The van der Waals surface area contributed by atoms with E-state index in [4.69, 9.17) is 0 Å². The largest absolute Gasteiger partial charge is 0.298 e. The molecule has 7 nitrogen and oxygen atoms in total. The quantitative estimate of drug-likeness (QED) is 0.577. The minimum atomic E-state index is -0.509. The Morgan fingerprint density at radius 3 is 2.58 bits per heavy atom. The first-order valence-electron chi connectivity index (χ1n) is 6.99. The van der Waals surface area contributed by atoms with Crippen molar-refractivity contribution in [3.63, 3.8) is 0 Å². The second-order valence-corrected chi connectivity index (χ2v) is 5.91. The fraction of sp³-hybridized carbons (Fsp3) is 0.0625. The van der Waals surface area contributed by atoms with Crippen LogP contribution in [0.15, 0.2) is 48.7 Å². The van der Waals surface area contributed by atoms with Gasteiger partial charge in [0.25, 0.3) is 11.6 Å². The molecule has 3 aromatic rings. The number of rotatable bonds is 4. The number of amides is 1. The molecule has 2 aromatic heterocycles. The molecule has 0 saturated heterocycles. The Morgan fingerprint density at radius 2 is 1.96 bits per heavy atom. The Kier molecular flexibility index (Phi) is 4.30. The third kappa shape index (κ3) is 3.28. The first-order chi connectivity index (χ1) is 11.5. The van der Waals surface area contributed by atoms with E-state index in [0.717, 1.165) is 16.3 Å². The van der Waals surface area contributed by atoms with Gasteiger partial charge in [0.1, 0.15) is 0 Å². The van der Waals surface area contributed by atoms with Crippen molar-refractivity contribution in [1.82, 2.24) is 9.97 Å². The highest BCUT2D eigenvalue weighted by molar-refractivity contribution is 7.19. The second kappa shape index (κ2) is 6.55. The number of nitro benzene ring substituents is 1. The number of pyridine rings is 1. The lowest BCUT2D eigenvalue weighted by Gasteiger charge is -2.01. The van der Waals surface area contributed by atoms with Crippen LogP contribution in [0, 0.1) is 17.0 Å². The van der Waals surface area contributed by atoms with Crippen molar-refractivity contribution in [3.8, 4) is 10.6 Å². The molecule has 1 amide bonds. The number of nitrogens with zero attached hydrogens (tertiary/aromatic N) is 3. The van der Waals surface area contributed by atoms with Crippen molar-refractivity contribution >= 4 is 28.1 Å². The van der Waals surface area contributed by atoms with Crippen molar-refractivity contribution in [2.75, 3.05) is 5.32 Å². The van der Waals surface area contributed by atoms with E-state index < -0.39 is 4.92 Å². The van der Waals surface area contributed by atoms with Crippen LogP contribution in [0.4, 0.5) is 10.8 Å². The number of aromatic nitrogens is 2. The summed E-state index contributed by atoms with van der Waals surface area (Å²) in [5.74, 6) is -0.369. The maximum absolute atomic E-state index is 12.2. The Labute approximate surface area is 141 Å². The lowest BCUT2D eigenvalue weighted by molar-refractivity contribution is -0.384. The van der Waals surface area contributed by atoms with Gasteiger partial charge in [-0.1, -0.05) is 17.4 Å². The highest BCUT2D eigenvalue weighted by Crippen LogP contribution is 2.31. The van der Waals surface area contributed by atoms with Crippen molar-refractivity contribution in [2.24, 2.45) is 0 Å². The molecule has 0 spiro atoms. The topological polar surface area (TPSA) is 98.0 Å². The number of hydrogen-bond donors (Lipinski definition) is 1. The molecule has 0 atom stereocenters. The summed E-state index contributed by atoms with van der Waals surface area (Å²) in [6, 6.07) is 11.0. The molecule has 1 aromatic carbocycles. The maximum Gasteiger partial charge on any atom is 0.269 e. The van der Waals surface area contributed by atoms with Gasteiger partial charge in [-0.25, -0.2) is 4.98 Å². The highest BCUT2D eigenvalue weighted by atomic mass is 32.1. The van der Waals surface area contributed by atoms with E-state index in [9.17, 15) is 14.9 Å².